The van der Waals surface area contributed by atoms with Crippen molar-refractivity contribution in [1.82, 2.24) is 5.32 Å². The predicted molar refractivity (Wildman–Crippen MR) is 116 cm³/mol. The van der Waals surface area contributed by atoms with E-state index in [1.165, 1.54) is 0 Å². The van der Waals surface area contributed by atoms with E-state index in [2.05, 4.69) is 40.4 Å². The summed E-state index contributed by atoms with van der Waals surface area (Å²) < 4.78 is 6.68. The van der Waals surface area contributed by atoms with Gasteiger partial charge in [-0.05, 0) is 74.7 Å². The molecule has 0 radical (unpaired) electrons. The lowest BCUT2D eigenvalue weighted by atomic mass is 10.0. The summed E-state index contributed by atoms with van der Waals surface area (Å²) in [5.74, 6) is 0.569. The van der Waals surface area contributed by atoms with Crippen LogP contribution in [0.3, 0.4) is 0 Å². The minimum absolute atomic E-state index is 0.0897. The van der Waals surface area contributed by atoms with Gasteiger partial charge < -0.3 is 15.4 Å². The van der Waals surface area contributed by atoms with Crippen LogP contribution in [0.25, 0.3) is 0 Å². The first-order chi connectivity index (χ1) is 13.0. The summed E-state index contributed by atoms with van der Waals surface area (Å²) in [5, 5.41) is 5.68. The number of halogens is 1. The molecule has 0 saturated carbocycles. The Bertz CT molecular complexity index is 840. The zero-order chi connectivity index (χ0) is 20.9. The molecular formula is C22H27BrN2O3. The van der Waals surface area contributed by atoms with E-state index in [1.807, 2.05) is 39.0 Å². The van der Waals surface area contributed by atoms with Crippen molar-refractivity contribution in [2.24, 2.45) is 0 Å². The van der Waals surface area contributed by atoms with E-state index < -0.39 is 0 Å². The van der Waals surface area contributed by atoms with Gasteiger partial charge in [0, 0.05) is 21.3 Å². The molecule has 0 aliphatic rings. The van der Waals surface area contributed by atoms with Crippen LogP contribution in [0.2, 0.25) is 0 Å². The van der Waals surface area contributed by atoms with Crippen molar-refractivity contribution in [2.75, 3.05) is 11.9 Å². The highest BCUT2D eigenvalue weighted by atomic mass is 79.9. The third-order valence-electron chi connectivity index (χ3n) is 3.87. The summed E-state index contributed by atoms with van der Waals surface area (Å²) in [5.41, 5.74) is 1.89. The topological polar surface area (TPSA) is 67.4 Å². The Kier molecular flexibility index (Phi) is 7.24. The zero-order valence-corrected chi connectivity index (χ0v) is 18.5. The first-order valence-corrected chi connectivity index (χ1v) is 9.99. The van der Waals surface area contributed by atoms with E-state index in [4.69, 9.17) is 4.74 Å². The molecule has 0 bridgehead atoms. The maximum absolute atomic E-state index is 12.2. The molecule has 2 aromatic carbocycles. The Morgan fingerprint density at radius 3 is 2.29 bits per heavy atom. The fourth-order valence-corrected chi connectivity index (χ4v) is 2.94. The number of benzene rings is 2. The summed E-state index contributed by atoms with van der Waals surface area (Å²) in [7, 11) is 0. The first-order valence-electron chi connectivity index (χ1n) is 9.20. The molecule has 0 spiro atoms. The number of hydrogen-bond acceptors (Lipinski definition) is 3. The second-order valence-corrected chi connectivity index (χ2v) is 8.87. The second-order valence-electron chi connectivity index (χ2n) is 7.96. The average molecular weight is 447 g/mol. The highest BCUT2D eigenvalue weighted by Crippen LogP contribution is 2.29. The van der Waals surface area contributed by atoms with E-state index in [1.54, 1.807) is 24.3 Å². The fraction of sp³-hybridized carbons (Fsp3) is 0.364. The molecule has 5 nitrogen and oxygen atoms in total. The van der Waals surface area contributed by atoms with Gasteiger partial charge in [-0.3, -0.25) is 9.59 Å². The molecule has 0 aromatic heterocycles. The molecule has 150 valence electrons. The molecule has 2 N–H and O–H groups in total. The van der Waals surface area contributed by atoms with Gasteiger partial charge in [-0.1, -0.05) is 29.8 Å². The van der Waals surface area contributed by atoms with Gasteiger partial charge >= 0.3 is 0 Å². The third kappa shape index (κ3) is 6.68. The van der Waals surface area contributed by atoms with Gasteiger partial charge in [-0.15, -0.1) is 0 Å². The highest BCUT2D eigenvalue weighted by Gasteiger charge is 2.15. The number of nitrogens with one attached hydrogen (secondary N) is 2. The largest absolute Gasteiger partial charge is 0.483 e. The smallest absolute Gasteiger partial charge is 0.262 e. The van der Waals surface area contributed by atoms with Crippen molar-refractivity contribution in [2.45, 2.75) is 46.1 Å². The Balaban J connectivity index is 1.94. The van der Waals surface area contributed by atoms with Crippen LogP contribution in [0.5, 0.6) is 5.75 Å². The summed E-state index contributed by atoms with van der Waals surface area (Å²) in [4.78, 5) is 24.4. The van der Waals surface area contributed by atoms with E-state index >= 15 is 0 Å². The third-order valence-corrected chi connectivity index (χ3v) is 4.37. The van der Waals surface area contributed by atoms with Gasteiger partial charge in [0.05, 0.1) is 0 Å². The SMILES string of the molecule is CC(C)c1cc(Br)ccc1OCC(=O)Nc1ccc(C(=O)NC(C)(C)C)cc1. The maximum Gasteiger partial charge on any atom is 0.262 e. The van der Waals surface area contributed by atoms with Crippen LogP contribution in [0.15, 0.2) is 46.9 Å². The second kappa shape index (κ2) is 9.24. The van der Waals surface area contributed by atoms with Crippen LogP contribution >= 0.6 is 15.9 Å². The van der Waals surface area contributed by atoms with Crippen LogP contribution in [0.1, 0.15) is 56.5 Å². The van der Waals surface area contributed by atoms with Crippen molar-refractivity contribution in [3.63, 3.8) is 0 Å². The van der Waals surface area contributed by atoms with Crippen LogP contribution < -0.4 is 15.4 Å². The molecule has 2 rings (SSSR count). The lowest BCUT2D eigenvalue weighted by molar-refractivity contribution is -0.118. The zero-order valence-electron chi connectivity index (χ0n) is 16.9. The van der Waals surface area contributed by atoms with Crippen molar-refractivity contribution < 1.29 is 14.3 Å². The van der Waals surface area contributed by atoms with Crippen molar-refractivity contribution >= 4 is 33.4 Å². The molecule has 0 saturated heterocycles. The summed E-state index contributed by atoms with van der Waals surface area (Å²) in [6, 6.07) is 12.5. The van der Waals surface area contributed by atoms with Crippen LogP contribution in [0.4, 0.5) is 5.69 Å². The van der Waals surface area contributed by atoms with Gasteiger partial charge in [0.2, 0.25) is 0 Å². The highest BCUT2D eigenvalue weighted by molar-refractivity contribution is 9.10. The van der Waals surface area contributed by atoms with Crippen molar-refractivity contribution in [1.29, 1.82) is 0 Å². The quantitative estimate of drug-likeness (QED) is 0.646. The first kappa shape index (κ1) is 22.0. The van der Waals surface area contributed by atoms with E-state index in [0.29, 0.717) is 17.0 Å². The van der Waals surface area contributed by atoms with Crippen LogP contribution in [-0.4, -0.2) is 24.0 Å². The van der Waals surface area contributed by atoms with Gasteiger partial charge in [-0.25, -0.2) is 0 Å². The van der Waals surface area contributed by atoms with Gasteiger partial charge in [0.25, 0.3) is 11.8 Å². The van der Waals surface area contributed by atoms with Gasteiger partial charge in [0.15, 0.2) is 6.61 Å². The van der Waals surface area contributed by atoms with Crippen LogP contribution in [-0.2, 0) is 4.79 Å². The lowest BCUT2D eigenvalue weighted by Crippen LogP contribution is -2.40. The number of ether oxygens (including phenoxy) is 1. The number of amides is 2. The Morgan fingerprint density at radius 2 is 1.71 bits per heavy atom. The summed E-state index contributed by atoms with van der Waals surface area (Å²) in [6.07, 6.45) is 0. The Hall–Kier alpha value is -2.34. The van der Waals surface area contributed by atoms with E-state index in [-0.39, 0.29) is 29.9 Å². The number of carbonyl (C=O) groups excluding carboxylic acids is 2. The Morgan fingerprint density at radius 1 is 1.07 bits per heavy atom. The van der Waals surface area contributed by atoms with Gasteiger partial charge in [0.1, 0.15) is 5.75 Å². The molecular weight excluding hydrogens is 420 g/mol. The number of hydrogen-bond donors (Lipinski definition) is 2. The summed E-state index contributed by atoms with van der Waals surface area (Å²) >= 11 is 3.46. The average Bonchev–Trinajstić information content (AvgIpc) is 2.59. The molecule has 0 aliphatic carbocycles. The minimum Gasteiger partial charge on any atom is -0.483 e. The number of anilines is 1. The molecule has 2 aromatic rings. The molecule has 0 aliphatic heterocycles. The van der Waals surface area contributed by atoms with E-state index in [0.717, 1.165) is 10.0 Å². The van der Waals surface area contributed by atoms with E-state index in [9.17, 15) is 9.59 Å². The predicted octanol–water partition coefficient (Wildman–Crippen LogP) is 5.12. The standard InChI is InChI=1S/C22H27BrN2O3/c1-14(2)18-12-16(23)8-11-19(18)28-13-20(26)24-17-9-6-15(7-10-17)21(27)25-22(3,4)5/h6-12,14H,13H2,1-5H3,(H,24,26)(H,25,27). The summed E-state index contributed by atoms with van der Waals surface area (Å²) in [6.45, 7) is 9.84. The normalized spacial score (nSPS) is 11.2. The molecule has 0 fully saturated rings. The minimum atomic E-state index is -0.302. The fourth-order valence-electron chi connectivity index (χ4n) is 2.56. The van der Waals surface area contributed by atoms with Gasteiger partial charge in [-0.2, -0.15) is 0 Å². The van der Waals surface area contributed by atoms with Crippen LogP contribution in [0, 0.1) is 0 Å². The molecule has 28 heavy (non-hydrogen) atoms. The molecule has 2 amide bonds. The maximum atomic E-state index is 12.2. The molecule has 6 heteroatoms. The number of carbonyl (C=O) groups is 2. The monoisotopic (exact) mass is 446 g/mol. The van der Waals surface area contributed by atoms with Crippen molar-refractivity contribution in [3.8, 4) is 5.75 Å². The number of rotatable bonds is 6. The van der Waals surface area contributed by atoms with Crippen molar-refractivity contribution in [3.05, 3.63) is 58.1 Å². The lowest BCUT2D eigenvalue weighted by Gasteiger charge is -2.20. The molecule has 0 heterocycles. The molecule has 0 unspecified atom stereocenters. The molecule has 0 atom stereocenters. The Labute approximate surface area is 175 Å².